The Morgan fingerprint density at radius 2 is 1.75 bits per heavy atom. The molecule has 0 bridgehead atoms. The SMILES string of the molecule is C[C@@H](OCC1(c2ccccc2)CCC(C(=O)CO)(n2cn[nH]c2=O)CC1)c1cc(CF)cc(CF)c1. The van der Waals surface area contributed by atoms with E-state index in [4.69, 9.17) is 4.74 Å². The molecule has 7 nitrogen and oxygen atoms in total. The standard InChI is InChI=1S/C27H31F2N3O4/c1-19(22-12-20(14-28)11-21(13-22)15-29)36-17-26(23-5-3-2-4-6-23)7-9-27(10-8-26,24(34)16-33)32-18-30-31-25(32)35/h2-6,11-13,18-19,33H,7-10,14-17H2,1H3,(H,31,35)/t19-,26?,27?/m1/s1. The maximum absolute atomic E-state index is 13.3. The lowest BCUT2D eigenvalue weighted by atomic mass is 9.63. The second kappa shape index (κ2) is 10.8. The summed E-state index contributed by atoms with van der Waals surface area (Å²) in [5, 5.41) is 15.8. The van der Waals surface area contributed by atoms with Gasteiger partial charge in [0.05, 0.1) is 12.7 Å². The minimum absolute atomic E-state index is 0.312. The number of nitrogens with zero attached hydrogens (tertiary/aromatic N) is 2. The van der Waals surface area contributed by atoms with Crippen molar-refractivity contribution in [1.82, 2.24) is 14.8 Å². The molecule has 1 aromatic heterocycles. The Hall–Kier alpha value is -3.17. The molecule has 192 valence electrons. The molecule has 0 aliphatic heterocycles. The van der Waals surface area contributed by atoms with Gasteiger partial charge in [0.15, 0.2) is 5.78 Å². The van der Waals surface area contributed by atoms with E-state index >= 15 is 0 Å². The zero-order valence-electron chi connectivity index (χ0n) is 20.3. The van der Waals surface area contributed by atoms with Crippen LogP contribution in [0, 0.1) is 0 Å². The van der Waals surface area contributed by atoms with E-state index in [1.807, 2.05) is 37.3 Å². The number of rotatable bonds is 10. The number of H-pyrrole nitrogens is 1. The molecule has 0 saturated heterocycles. The molecule has 4 rings (SSSR count). The number of aliphatic hydroxyl groups is 1. The van der Waals surface area contributed by atoms with E-state index in [0.29, 0.717) is 49.0 Å². The molecule has 0 amide bonds. The number of ketones is 1. The van der Waals surface area contributed by atoms with Crippen LogP contribution in [0.5, 0.6) is 0 Å². The summed E-state index contributed by atoms with van der Waals surface area (Å²) in [7, 11) is 0. The van der Waals surface area contributed by atoms with Crippen LogP contribution in [0.3, 0.4) is 0 Å². The van der Waals surface area contributed by atoms with Crippen molar-refractivity contribution in [3.05, 3.63) is 87.6 Å². The summed E-state index contributed by atoms with van der Waals surface area (Å²) in [5.74, 6) is -0.427. The number of aliphatic hydroxyl groups excluding tert-OH is 1. The van der Waals surface area contributed by atoms with Crippen LogP contribution in [0.25, 0.3) is 0 Å². The van der Waals surface area contributed by atoms with Gasteiger partial charge >= 0.3 is 5.69 Å². The maximum atomic E-state index is 13.3. The molecular formula is C27H31F2N3O4. The molecule has 2 aromatic carbocycles. The molecule has 1 heterocycles. The van der Waals surface area contributed by atoms with Gasteiger partial charge in [-0.15, -0.1) is 0 Å². The zero-order chi connectivity index (χ0) is 25.8. The first-order valence-corrected chi connectivity index (χ1v) is 12.1. The van der Waals surface area contributed by atoms with Crippen LogP contribution in [-0.2, 0) is 33.8 Å². The number of carbonyl (C=O) groups excluding carboxylic acids is 1. The highest BCUT2D eigenvalue weighted by molar-refractivity contribution is 5.87. The van der Waals surface area contributed by atoms with E-state index in [-0.39, 0.29) is 0 Å². The number of ether oxygens (including phenoxy) is 1. The predicted molar refractivity (Wildman–Crippen MR) is 130 cm³/mol. The van der Waals surface area contributed by atoms with Gasteiger partial charge < -0.3 is 9.84 Å². The predicted octanol–water partition coefficient (Wildman–Crippen LogP) is 4.06. The number of alkyl halides is 2. The molecule has 1 fully saturated rings. The number of Topliss-reactive ketones (excluding diaryl/α,β-unsaturated/α-hetero) is 1. The summed E-state index contributed by atoms with van der Waals surface area (Å²) in [6.45, 7) is 0.120. The summed E-state index contributed by atoms with van der Waals surface area (Å²) in [6, 6.07) is 14.7. The van der Waals surface area contributed by atoms with Crippen LogP contribution in [0.4, 0.5) is 8.78 Å². The number of hydrogen-bond donors (Lipinski definition) is 2. The minimum atomic E-state index is -1.19. The highest BCUT2D eigenvalue weighted by Crippen LogP contribution is 2.47. The topological polar surface area (TPSA) is 97.2 Å². The van der Waals surface area contributed by atoms with Crippen molar-refractivity contribution in [2.24, 2.45) is 0 Å². The summed E-state index contributed by atoms with van der Waals surface area (Å²) in [4.78, 5) is 25.3. The number of carbonyl (C=O) groups is 1. The van der Waals surface area contributed by atoms with Crippen molar-refractivity contribution < 1.29 is 23.4 Å². The molecule has 0 spiro atoms. The molecular weight excluding hydrogens is 468 g/mol. The monoisotopic (exact) mass is 499 g/mol. The molecule has 3 aromatic rings. The van der Waals surface area contributed by atoms with Crippen LogP contribution in [-0.4, -0.2) is 38.9 Å². The lowest BCUT2D eigenvalue weighted by Crippen LogP contribution is -2.53. The van der Waals surface area contributed by atoms with Crippen LogP contribution in [0.1, 0.15) is 61.0 Å². The zero-order valence-corrected chi connectivity index (χ0v) is 20.3. The van der Waals surface area contributed by atoms with Crippen LogP contribution in [0.15, 0.2) is 59.7 Å². The number of aromatic amines is 1. The van der Waals surface area contributed by atoms with Gasteiger partial charge in [-0.05, 0) is 54.9 Å². The molecule has 2 N–H and O–H groups in total. The Morgan fingerprint density at radius 3 is 2.28 bits per heavy atom. The van der Waals surface area contributed by atoms with Gasteiger partial charge in [-0.3, -0.25) is 9.36 Å². The highest BCUT2D eigenvalue weighted by Gasteiger charge is 2.49. The fraction of sp³-hybridized carbons (Fsp3) is 0.444. The Kier molecular flexibility index (Phi) is 7.80. The van der Waals surface area contributed by atoms with Gasteiger partial charge in [-0.2, -0.15) is 5.10 Å². The molecule has 9 heteroatoms. The smallest absolute Gasteiger partial charge is 0.343 e. The highest BCUT2D eigenvalue weighted by atomic mass is 19.1. The number of nitrogens with one attached hydrogen (secondary N) is 1. The van der Waals surface area contributed by atoms with Gasteiger partial charge in [0.2, 0.25) is 0 Å². The molecule has 1 atom stereocenters. The third-order valence-electron chi connectivity index (χ3n) is 7.56. The van der Waals surface area contributed by atoms with Crippen molar-refractivity contribution in [3.8, 4) is 0 Å². The molecule has 0 radical (unpaired) electrons. The van der Waals surface area contributed by atoms with Crippen LogP contribution in [0.2, 0.25) is 0 Å². The fourth-order valence-corrected chi connectivity index (χ4v) is 5.37. The second-order valence-corrected chi connectivity index (χ2v) is 9.59. The van der Waals surface area contributed by atoms with E-state index < -0.39 is 48.5 Å². The summed E-state index contributed by atoms with van der Waals surface area (Å²) >= 11 is 0. The summed E-state index contributed by atoms with van der Waals surface area (Å²) in [6.07, 6.45) is 2.58. The van der Waals surface area contributed by atoms with E-state index in [1.54, 1.807) is 12.1 Å². The van der Waals surface area contributed by atoms with Crippen LogP contribution < -0.4 is 5.69 Å². The number of benzene rings is 2. The van der Waals surface area contributed by atoms with Crippen molar-refractivity contribution in [2.75, 3.05) is 13.2 Å². The van der Waals surface area contributed by atoms with E-state index in [1.165, 1.54) is 17.0 Å². The van der Waals surface area contributed by atoms with E-state index in [2.05, 4.69) is 10.2 Å². The van der Waals surface area contributed by atoms with Gasteiger partial charge in [-0.25, -0.2) is 18.7 Å². The lowest BCUT2D eigenvalue weighted by Gasteiger charge is -2.46. The third-order valence-corrected chi connectivity index (χ3v) is 7.56. The first-order valence-electron chi connectivity index (χ1n) is 12.1. The molecule has 1 aliphatic rings. The van der Waals surface area contributed by atoms with E-state index in [0.717, 1.165) is 5.56 Å². The van der Waals surface area contributed by atoms with Crippen molar-refractivity contribution in [3.63, 3.8) is 0 Å². The number of hydrogen-bond acceptors (Lipinski definition) is 5. The number of halogens is 2. The average Bonchev–Trinajstić information content (AvgIpc) is 3.37. The largest absolute Gasteiger partial charge is 0.388 e. The average molecular weight is 500 g/mol. The van der Waals surface area contributed by atoms with Crippen molar-refractivity contribution >= 4 is 5.78 Å². The minimum Gasteiger partial charge on any atom is -0.388 e. The summed E-state index contributed by atoms with van der Waals surface area (Å²) < 4.78 is 34.3. The Balaban J connectivity index is 1.62. The van der Waals surface area contributed by atoms with Crippen LogP contribution >= 0.6 is 0 Å². The van der Waals surface area contributed by atoms with Crippen molar-refractivity contribution in [1.29, 1.82) is 0 Å². The Labute approximate surface area is 208 Å². The maximum Gasteiger partial charge on any atom is 0.343 e. The molecule has 1 saturated carbocycles. The van der Waals surface area contributed by atoms with Gasteiger partial charge in [0.25, 0.3) is 0 Å². The van der Waals surface area contributed by atoms with Gasteiger partial charge in [0, 0.05) is 5.41 Å². The van der Waals surface area contributed by atoms with Crippen molar-refractivity contribution in [2.45, 2.75) is 63.0 Å². The van der Waals surface area contributed by atoms with E-state index in [9.17, 15) is 23.5 Å². The quantitative estimate of drug-likeness (QED) is 0.439. The van der Waals surface area contributed by atoms with Gasteiger partial charge in [-0.1, -0.05) is 48.5 Å². The van der Waals surface area contributed by atoms with Gasteiger partial charge in [0.1, 0.15) is 31.8 Å². The number of aromatic nitrogens is 3. The molecule has 0 unspecified atom stereocenters. The first-order chi connectivity index (χ1) is 17.4. The fourth-order valence-electron chi connectivity index (χ4n) is 5.37. The third kappa shape index (κ3) is 4.90. The molecule has 36 heavy (non-hydrogen) atoms. The second-order valence-electron chi connectivity index (χ2n) is 9.59. The first kappa shape index (κ1) is 25.9. The molecule has 1 aliphatic carbocycles. The summed E-state index contributed by atoms with van der Waals surface area (Å²) in [5.41, 5.74) is 0.421. The Bertz CT molecular complexity index is 1210. The normalized spacial score (nSPS) is 22.9. The lowest BCUT2D eigenvalue weighted by molar-refractivity contribution is -0.134. The Morgan fingerprint density at radius 1 is 1.11 bits per heavy atom.